The number of carbonyl (C=O) groups excluding carboxylic acids is 1. The van der Waals surface area contributed by atoms with Crippen molar-refractivity contribution in [2.45, 2.75) is 38.5 Å². The maximum atomic E-state index is 12.6. The standard InChI is InChI=1S/C14H16N4O2/c1-13(2)7-3-4-14(13,9(19)5-7)12-16-8-6-15-18-11(20)10(8)17-12/h6-7H,3-5H2,1-2H3,(H,16,17)(H,18,20). The van der Waals surface area contributed by atoms with Gasteiger partial charge in [0, 0.05) is 6.42 Å². The van der Waals surface area contributed by atoms with Crippen molar-refractivity contribution < 1.29 is 4.79 Å². The first-order chi connectivity index (χ1) is 9.47. The molecular weight excluding hydrogens is 256 g/mol. The van der Waals surface area contributed by atoms with E-state index in [0.29, 0.717) is 29.2 Å². The summed E-state index contributed by atoms with van der Waals surface area (Å²) in [7, 11) is 0. The largest absolute Gasteiger partial charge is 0.340 e. The first-order valence-electron chi connectivity index (χ1n) is 6.94. The molecule has 2 unspecified atom stereocenters. The van der Waals surface area contributed by atoms with Gasteiger partial charge in [0.15, 0.2) is 5.52 Å². The zero-order valence-corrected chi connectivity index (χ0v) is 11.5. The van der Waals surface area contributed by atoms with Gasteiger partial charge in [0.25, 0.3) is 5.56 Å². The highest BCUT2D eigenvalue weighted by atomic mass is 16.1. The van der Waals surface area contributed by atoms with Gasteiger partial charge in [-0.1, -0.05) is 13.8 Å². The van der Waals surface area contributed by atoms with Crippen LogP contribution in [0.25, 0.3) is 11.0 Å². The smallest absolute Gasteiger partial charge is 0.292 e. The first-order valence-corrected chi connectivity index (χ1v) is 6.94. The van der Waals surface area contributed by atoms with Gasteiger partial charge in [-0.3, -0.25) is 9.59 Å². The molecule has 2 aliphatic carbocycles. The number of hydrogen-bond donors (Lipinski definition) is 2. The topological polar surface area (TPSA) is 91.5 Å². The number of aromatic nitrogens is 4. The van der Waals surface area contributed by atoms with Gasteiger partial charge in [-0.2, -0.15) is 5.10 Å². The zero-order valence-electron chi connectivity index (χ0n) is 11.5. The highest BCUT2D eigenvalue weighted by Crippen LogP contribution is 2.63. The Morgan fingerprint density at radius 3 is 2.75 bits per heavy atom. The summed E-state index contributed by atoms with van der Waals surface area (Å²) in [5.74, 6) is 1.31. The second-order valence-electron chi connectivity index (χ2n) is 6.54. The van der Waals surface area contributed by atoms with Crippen molar-refractivity contribution in [3.8, 4) is 0 Å². The van der Waals surface area contributed by atoms with E-state index < -0.39 is 5.41 Å². The number of rotatable bonds is 1. The molecule has 4 rings (SSSR count). The SMILES string of the molecule is CC1(C)C2CCC1(c1nc3c(=O)[nH]ncc3[nH]1)C(=O)C2. The van der Waals surface area contributed by atoms with E-state index >= 15 is 0 Å². The summed E-state index contributed by atoms with van der Waals surface area (Å²) in [6.07, 6.45) is 4.03. The van der Waals surface area contributed by atoms with Crippen LogP contribution in [0.4, 0.5) is 0 Å². The molecule has 2 aliphatic rings. The number of imidazole rings is 1. The average molecular weight is 272 g/mol. The Morgan fingerprint density at radius 1 is 1.35 bits per heavy atom. The minimum atomic E-state index is -0.566. The van der Waals surface area contributed by atoms with Crippen LogP contribution < -0.4 is 5.56 Å². The Bertz CT molecular complexity index is 788. The molecule has 0 saturated heterocycles. The Labute approximate surface area is 115 Å². The molecule has 2 heterocycles. The molecular formula is C14H16N4O2. The molecule has 2 atom stereocenters. The quantitative estimate of drug-likeness (QED) is 0.818. The van der Waals surface area contributed by atoms with Gasteiger partial charge in [-0.25, -0.2) is 10.1 Å². The normalized spacial score (nSPS) is 31.3. The minimum Gasteiger partial charge on any atom is -0.340 e. The van der Waals surface area contributed by atoms with Crippen LogP contribution in [0.2, 0.25) is 0 Å². The highest BCUT2D eigenvalue weighted by molar-refractivity contribution is 5.95. The molecule has 6 nitrogen and oxygen atoms in total. The predicted molar refractivity (Wildman–Crippen MR) is 72.3 cm³/mol. The van der Waals surface area contributed by atoms with Crippen LogP contribution in [-0.2, 0) is 10.2 Å². The third kappa shape index (κ3) is 1.11. The Hall–Kier alpha value is -1.98. The second kappa shape index (κ2) is 3.37. The van der Waals surface area contributed by atoms with Gasteiger partial charge in [0.2, 0.25) is 0 Å². The Morgan fingerprint density at radius 2 is 2.15 bits per heavy atom. The van der Waals surface area contributed by atoms with E-state index in [1.807, 2.05) is 0 Å². The number of ketones is 1. The summed E-state index contributed by atoms with van der Waals surface area (Å²) in [6.45, 7) is 4.29. The number of nitrogens with zero attached hydrogens (tertiary/aromatic N) is 2. The lowest BCUT2D eigenvalue weighted by atomic mass is 9.68. The first kappa shape index (κ1) is 11.8. The lowest BCUT2D eigenvalue weighted by Gasteiger charge is -2.34. The summed E-state index contributed by atoms with van der Waals surface area (Å²) >= 11 is 0. The summed E-state index contributed by atoms with van der Waals surface area (Å²) in [4.78, 5) is 32.0. The monoisotopic (exact) mass is 272 g/mol. The number of nitrogens with one attached hydrogen (secondary N) is 2. The van der Waals surface area contributed by atoms with Gasteiger partial charge < -0.3 is 4.98 Å². The van der Waals surface area contributed by atoms with E-state index in [1.54, 1.807) is 6.20 Å². The number of hydrogen-bond acceptors (Lipinski definition) is 4. The van der Waals surface area contributed by atoms with Crippen molar-refractivity contribution in [1.82, 2.24) is 20.2 Å². The van der Waals surface area contributed by atoms with Crippen LogP contribution in [0.1, 0.15) is 38.9 Å². The van der Waals surface area contributed by atoms with Gasteiger partial charge >= 0.3 is 0 Å². The van der Waals surface area contributed by atoms with E-state index in [2.05, 4.69) is 34.0 Å². The third-order valence-corrected chi connectivity index (χ3v) is 5.61. The highest BCUT2D eigenvalue weighted by Gasteiger charge is 2.66. The van der Waals surface area contributed by atoms with E-state index in [0.717, 1.165) is 12.8 Å². The fourth-order valence-electron chi connectivity index (χ4n) is 4.30. The third-order valence-electron chi connectivity index (χ3n) is 5.61. The van der Waals surface area contributed by atoms with Crippen LogP contribution in [0.5, 0.6) is 0 Å². The van der Waals surface area contributed by atoms with Crippen molar-refractivity contribution in [1.29, 1.82) is 0 Å². The van der Waals surface area contributed by atoms with Gasteiger partial charge in [0.1, 0.15) is 11.6 Å². The fraction of sp³-hybridized carbons (Fsp3) is 0.571. The van der Waals surface area contributed by atoms with Gasteiger partial charge in [-0.05, 0) is 24.2 Å². The van der Waals surface area contributed by atoms with Gasteiger partial charge in [0.05, 0.1) is 17.1 Å². The van der Waals surface area contributed by atoms with E-state index in [1.165, 1.54) is 0 Å². The maximum Gasteiger partial charge on any atom is 0.292 e. The van der Waals surface area contributed by atoms with Crippen LogP contribution in [0.3, 0.4) is 0 Å². The lowest BCUT2D eigenvalue weighted by Crippen LogP contribution is -2.41. The molecule has 2 fully saturated rings. The minimum absolute atomic E-state index is 0.113. The van der Waals surface area contributed by atoms with E-state index in [9.17, 15) is 9.59 Å². The molecule has 2 aromatic heterocycles. The molecule has 2 bridgehead atoms. The van der Waals surface area contributed by atoms with Crippen LogP contribution in [0, 0.1) is 11.3 Å². The molecule has 104 valence electrons. The Balaban J connectivity index is 2.01. The molecule has 6 heteroatoms. The molecule has 0 aliphatic heterocycles. The number of fused-ring (bicyclic) bond motifs is 3. The van der Waals surface area contributed by atoms with E-state index in [-0.39, 0.29) is 16.8 Å². The number of H-pyrrole nitrogens is 2. The molecule has 0 aromatic carbocycles. The van der Waals surface area contributed by atoms with Crippen molar-refractivity contribution in [3.63, 3.8) is 0 Å². The molecule has 2 N–H and O–H groups in total. The molecule has 0 radical (unpaired) electrons. The summed E-state index contributed by atoms with van der Waals surface area (Å²) in [6, 6.07) is 0. The molecule has 20 heavy (non-hydrogen) atoms. The number of Topliss-reactive ketones (excluding diaryl/α,β-unsaturated/α-hetero) is 1. The average Bonchev–Trinajstić information content (AvgIpc) is 2.98. The van der Waals surface area contributed by atoms with Crippen molar-refractivity contribution in [3.05, 3.63) is 22.4 Å². The van der Waals surface area contributed by atoms with Crippen molar-refractivity contribution in [2.24, 2.45) is 11.3 Å². The maximum absolute atomic E-state index is 12.6. The molecule has 0 spiro atoms. The number of aromatic amines is 2. The van der Waals surface area contributed by atoms with Crippen LogP contribution in [0.15, 0.2) is 11.0 Å². The summed E-state index contributed by atoms with van der Waals surface area (Å²) in [5, 5.41) is 6.15. The van der Waals surface area contributed by atoms with Gasteiger partial charge in [-0.15, -0.1) is 0 Å². The van der Waals surface area contributed by atoms with Crippen molar-refractivity contribution >= 4 is 16.8 Å². The van der Waals surface area contributed by atoms with Crippen LogP contribution >= 0.6 is 0 Å². The fourth-order valence-corrected chi connectivity index (χ4v) is 4.30. The number of carbonyl (C=O) groups is 1. The lowest BCUT2D eigenvalue weighted by molar-refractivity contribution is -0.124. The van der Waals surface area contributed by atoms with Crippen LogP contribution in [-0.4, -0.2) is 25.9 Å². The summed E-state index contributed by atoms with van der Waals surface area (Å²) < 4.78 is 0. The molecule has 2 saturated carbocycles. The zero-order chi connectivity index (χ0) is 14.1. The summed E-state index contributed by atoms with van der Waals surface area (Å²) in [5.41, 5.74) is -0.0685. The predicted octanol–water partition coefficient (Wildman–Crippen LogP) is 1.29. The van der Waals surface area contributed by atoms with E-state index in [4.69, 9.17) is 0 Å². The Kier molecular flexibility index (Phi) is 1.99. The molecule has 0 amide bonds. The second-order valence-corrected chi connectivity index (χ2v) is 6.54. The van der Waals surface area contributed by atoms with Crippen molar-refractivity contribution in [2.75, 3.05) is 0 Å². The molecule has 2 aromatic rings.